The molecule has 0 N–H and O–H groups in total. The molecule has 0 aliphatic heterocycles. The Hall–Kier alpha value is -1.31. The lowest BCUT2D eigenvalue weighted by atomic mass is 10.3. The first kappa shape index (κ1) is 13.8. The van der Waals surface area contributed by atoms with Gasteiger partial charge in [-0.05, 0) is 22.9 Å². The quantitative estimate of drug-likeness (QED) is 0.805. The maximum absolute atomic E-state index is 12.0. The topological polar surface area (TPSA) is 48.4 Å². The molecule has 0 unspecified atom stereocenters. The average Bonchev–Trinajstić information content (AvgIpc) is 2.19. The summed E-state index contributed by atoms with van der Waals surface area (Å²) in [5.74, 6) is -1.36. The molecule has 1 heterocycles. The minimum absolute atomic E-state index is 0.0112. The van der Waals surface area contributed by atoms with Crippen LogP contribution in [0.3, 0.4) is 0 Å². The van der Waals surface area contributed by atoms with Crippen molar-refractivity contribution in [2.75, 3.05) is 6.61 Å². The van der Waals surface area contributed by atoms with Crippen molar-refractivity contribution in [3.8, 4) is 5.75 Å². The van der Waals surface area contributed by atoms with Crippen molar-refractivity contribution in [3.05, 3.63) is 22.4 Å². The van der Waals surface area contributed by atoms with Gasteiger partial charge in [0.2, 0.25) is 0 Å². The fourth-order valence-corrected chi connectivity index (χ4v) is 1.24. The number of esters is 1. The van der Waals surface area contributed by atoms with Crippen LogP contribution in [0.1, 0.15) is 17.4 Å². The van der Waals surface area contributed by atoms with Crippen LogP contribution >= 0.6 is 15.9 Å². The second-order valence-electron chi connectivity index (χ2n) is 2.77. The van der Waals surface area contributed by atoms with Gasteiger partial charge in [0.05, 0.1) is 11.1 Å². The molecule has 0 saturated carbocycles. The van der Waals surface area contributed by atoms with E-state index >= 15 is 0 Å². The Kier molecular flexibility index (Phi) is 4.33. The van der Waals surface area contributed by atoms with Gasteiger partial charge in [-0.2, -0.15) is 0 Å². The highest BCUT2D eigenvalue weighted by Crippen LogP contribution is 2.30. The van der Waals surface area contributed by atoms with Gasteiger partial charge < -0.3 is 9.47 Å². The third-order valence-electron chi connectivity index (χ3n) is 1.53. The van der Waals surface area contributed by atoms with Gasteiger partial charge in [-0.25, -0.2) is 9.78 Å². The molecular formula is C9H7BrF3NO3. The summed E-state index contributed by atoms with van der Waals surface area (Å²) in [5, 5.41) is 0. The Morgan fingerprint density at radius 3 is 2.71 bits per heavy atom. The average molecular weight is 314 g/mol. The van der Waals surface area contributed by atoms with Crippen molar-refractivity contribution in [1.29, 1.82) is 0 Å². The number of alkyl halides is 3. The lowest BCUT2D eigenvalue weighted by molar-refractivity contribution is -0.274. The molecule has 17 heavy (non-hydrogen) atoms. The van der Waals surface area contributed by atoms with Crippen molar-refractivity contribution in [2.45, 2.75) is 13.3 Å². The summed E-state index contributed by atoms with van der Waals surface area (Å²) in [6, 6.07) is 0.857. The molecule has 1 aromatic heterocycles. The molecule has 94 valence electrons. The van der Waals surface area contributed by atoms with Gasteiger partial charge >= 0.3 is 12.3 Å². The van der Waals surface area contributed by atoms with Crippen LogP contribution in [0.4, 0.5) is 13.2 Å². The summed E-state index contributed by atoms with van der Waals surface area (Å²) in [4.78, 5) is 14.9. The molecule has 4 nitrogen and oxygen atoms in total. The second kappa shape index (κ2) is 5.35. The third kappa shape index (κ3) is 4.22. The molecule has 0 amide bonds. The number of halogens is 4. The summed E-state index contributed by atoms with van der Waals surface area (Å²) >= 11 is 2.83. The number of carbonyl (C=O) groups excluding carboxylic acids is 1. The fraction of sp³-hybridized carbons (Fsp3) is 0.333. The Balaban J connectivity index is 2.98. The Morgan fingerprint density at radius 1 is 1.53 bits per heavy atom. The van der Waals surface area contributed by atoms with Gasteiger partial charge in [0.25, 0.3) is 0 Å². The van der Waals surface area contributed by atoms with E-state index in [1.165, 1.54) is 0 Å². The number of aromatic nitrogens is 1. The van der Waals surface area contributed by atoms with Crippen molar-refractivity contribution in [2.24, 2.45) is 0 Å². The van der Waals surface area contributed by atoms with E-state index in [0.717, 1.165) is 12.3 Å². The molecule has 0 aliphatic carbocycles. The number of carbonyl (C=O) groups is 1. The Bertz CT molecular complexity index is 422. The highest BCUT2D eigenvalue weighted by molar-refractivity contribution is 9.10. The second-order valence-corrected chi connectivity index (χ2v) is 3.62. The van der Waals surface area contributed by atoms with E-state index in [1.54, 1.807) is 6.92 Å². The number of ether oxygens (including phenoxy) is 2. The summed E-state index contributed by atoms with van der Waals surface area (Å²) in [5.41, 5.74) is -0.255. The van der Waals surface area contributed by atoms with Gasteiger partial charge in [0, 0.05) is 12.3 Å². The van der Waals surface area contributed by atoms with E-state index in [2.05, 4.69) is 30.4 Å². The number of rotatable bonds is 3. The zero-order chi connectivity index (χ0) is 13.1. The zero-order valence-electron chi connectivity index (χ0n) is 8.55. The van der Waals surface area contributed by atoms with Crippen LogP contribution in [0.25, 0.3) is 0 Å². The van der Waals surface area contributed by atoms with Crippen molar-refractivity contribution in [3.63, 3.8) is 0 Å². The van der Waals surface area contributed by atoms with E-state index in [1.807, 2.05) is 0 Å². The van der Waals surface area contributed by atoms with Crippen molar-refractivity contribution >= 4 is 21.9 Å². The van der Waals surface area contributed by atoms with E-state index in [4.69, 9.17) is 0 Å². The van der Waals surface area contributed by atoms with Gasteiger partial charge in [-0.1, -0.05) is 0 Å². The molecule has 0 spiro atoms. The molecule has 0 saturated heterocycles. The first-order chi connectivity index (χ1) is 7.83. The van der Waals surface area contributed by atoms with Crippen LogP contribution in [-0.2, 0) is 4.74 Å². The highest BCUT2D eigenvalue weighted by Gasteiger charge is 2.32. The van der Waals surface area contributed by atoms with Crippen LogP contribution < -0.4 is 4.74 Å². The molecule has 0 bridgehead atoms. The lowest BCUT2D eigenvalue weighted by Gasteiger charge is -2.11. The zero-order valence-corrected chi connectivity index (χ0v) is 10.1. The van der Waals surface area contributed by atoms with Gasteiger partial charge in [-0.15, -0.1) is 13.2 Å². The largest absolute Gasteiger partial charge is 0.573 e. The predicted octanol–water partition coefficient (Wildman–Crippen LogP) is 2.92. The number of pyridine rings is 1. The van der Waals surface area contributed by atoms with Gasteiger partial charge in [-0.3, -0.25) is 0 Å². The Morgan fingerprint density at radius 2 is 2.18 bits per heavy atom. The summed E-state index contributed by atoms with van der Waals surface area (Å²) in [6.07, 6.45) is -3.80. The van der Waals surface area contributed by atoms with E-state index < -0.39 is 18.1 Å². The lowest BCUT2D eigenvalue weighted by Crippen LogP contribution is -2.18. The smallest absolute Gasteiger partial charge is 0.461 e. The normalized spacial score (nSPS) is 11.1. The van der Waals surface area contributed by atoms with Crippen LogP contribution in [0.15, 0.2) is 16.7 Å². The maximum atomic E-state index is 12.0. The number of nitrogens with zero attached hydrogens (tertiary/aromatic N) is 1. The molecule has 0 atom stereocenters. The molecule has 0 fully saturated rings. The SMILES string of the molecule is CCOC(=O)c1cc(OC(F)(F)F)c(Br)cn1. The highest BCUT2D eigenvalue weighted by atomic mass is 79.9. The Labute approximate surface area is 103 Å². The van der Waals surface area contributed by atoms with Gasteiger partial charge in [0.15, 0.2) is 5.69 Å². The third-order valence-corrected chi connectivity index (χ3v) is 2.13. The molecule has 0 radical (unpaired) electrons. The van der Waals surface area contributed by atoms with Crippen LogP contribution in [-0.4, -0.2) is 23.9 Å². The minimum atomic E-state index is -4.84. The summed E-state index contributed by atoms with van der Waals surface area (Å²) in [6.45, 7) is 1.68. The van der Waals surface area contributed by atoms with E-state index in [-0.39, 0.29) is 16.8 Å². The fourth-order valence-electron chi connectivity index (χ4n) is 0.940. The maximum Gasteiger partial charge on any atom is 0.573 e. The predicted molar refractivity (Wildman–Crippen MR) is 54.6 cm³/mol. The summed E-state index contributed by atoms with van der Waals surface area (Å²) < 4.78 is 44.4. The molecule has 1 aromatic rings. The molecular weight excluding hydrogens is 307 g/mol. The van der Waals surface area contributed by atoms with E-state index in [9.17, 15) is 18.0 Å². The van der Waals surface area contributed by atoms with E-state index in [0.29, 0.717) is 0 Å². The standard InChI is InChI=1S/C9H7BrF3NO3/c1-2-16-8(15)6-3-7(5(10)4-14-6)17-9(11,12)13/h3-4H,2H2,1H3. The number of hydrogen-bond donors (Lipinski definition) is 0. The van der Waals surface area contributed by atoms with Crippen LogP contribution in [0, 0.1) is 0 Å². The first-order valence-electron chi connectivity index (χ1n) is 4.42. The monoisotopic (exact) mass is 313 g/mol. The van der Waals surface area contributed by atoms with Crippen LogP contribution in [0.2, 0.25) is 0 Å². The number of hydrogen-bond acceptors (Lipinski definition) is 4. The molecule has 0 aliphatic rings. The van der Waals surface area contributed by atoms with Crippen LogP contribution in [0.5, 0.6) is 5.75 Å². The minimum Gasteiger partial charge on any atom is -0.461 e. The molecule has 8 heteroatoms. The van der Waals surface area contributed by atoms with Crippen molar-refractivity contribution < 1.29 is 27.4 Å². The van der Waals surface area contributed by atoms with Gasteiger partial charge in [0.1, 0.15) is 5.75 Å². The first-order valence-corrected chi connectivity index (χ1v) is 5.21. The van der Waals surface area contributed by atoms with Crippen molar-refractivity contribution in [1.82, 2.24) is 4.98 Å². The molecule has 0 aromatic carbocycles. The molecule has 1 rings (SSSR count). The summed E-state index contributed by atoms with van der Waals surface area (Å²) in [7, 11) is 0.